The van der Waals surface area contributed by atoms with Crippen molar-refractivity contribution in [2.75, 3.05) is 5.32 Å². The van der Waals surface area contributed by atoms with Gasteiger partial charge in [0.1, 0.15) is 0 Å². The summed E-state index contributed by atoms with van der Waals surface area (Å²) in [6.07, 6.45) is 1.52. The molecule has 1 aliphatic rings. The molecule has 0 heterocycles. The lowest BCUT2D eigenvalue weighted by Gasteiger charge is -2.10. The average Bonchev–Trinajstić information content (AvgIpc) is 2.92. The molecule has 1 aromatic rings. The van der Waals surface area contributed by atoms with E-state index in [-0.39, 0.29) is 5.91 Å². The van der Waals surface area contributed by atoms with Gasteiger partial charge in [0.25, 0.3) is 0 Å². The van der Waals surface area contributed by atoms with Crippen LogP contribution in [0.2, 0.25) is 5.02 Å². The summed E-state index contributed by atoms with van der Waals surface area (Å²) in [6, 6.07) is 5.43. The van der Waals surface area contributed by atoms with Crippen molar-refractivity contribution in [1.29, 1.82) is 0 Å². The summed E-state index contributed by atoms with van der Waals surface area (Å²) in [7, 11) is 0. The van der Waals surface area contributed by atoms with Crippen LogP contribution in [0.1, 0.15) is 18.4 Å². The highest BCUT2D eigenvalue weighted by atomic mass is 35.5. The van der Waals surface area contributed by atoms with Gasteiger partial charge in [-0.2, -0.15) is 0 Å². The topological polar surface area (TPSA) is 55.1 Å². The van der Waals surface area contributed by atoms with Crippen LogP contribution in [-0.2, 0) is 4.79 Å². The lowest BCUT2D eigenvalue weighted by molar-refractivity contribution is -0.118. The van der Waals surface area contributed by atoms with Crippen LogP contribution in [0, 0.1) is 6.92 Å². The fourth-order valence-corrected chi connectivity index (χ4v) is 1.47. The van der Waals surface area contributed by atoms with Crippen molar-refractivity contribution in [2.24, 2.45) is 5.73 Å². The fourth-order valence-electron chi connectivity index (χ4n) is 1.29. The first kappa shape index (κ1) is 10.5. The number of halogens is 1. The lowest BCUT2D eigenvalue weighted by Crippen LogP contribution is -2.37. The third-order valence-electron chi connectivity index (χ3n) is 2.67. The molecule has 0 saturated heterocycles. The molecule has 1 aromatic carbocycles. The predicted molar refractivity (Wildman–Crippen MR) is 61.0 cm³/mol. The van der Waals surface area contributed by atoms with E-state index in [9.17, 15) is 4.79 Å². The van der Waals surface area contributed by atoms with E-state index in [1.165, 1.54) is 0 Å². The average molecular weight is 225 g/mol. The van der Waals surface area contributed by atoms with Gasteiger partial charge in [-0.05, 0) is 37.5 Å². The molecular weight excluding hydrogens is 212 g/mol. The number of hydrogen-bond donors (Lipinski definition) is 2. The number of anilines is 1. The highest BCUT2D eigenvalue weighted by molar-refractivity contribution is 6.31. The first-order chi connectivity index (χ1) is 7.01. The van der Waals surface area contributed by atoms with Crippen molar-refractivity contribution in [3.05, 3.63) is 28.8 Å². The monoisotopic (exact) mass is 224 g/mol. The maximum atomic E-state index is 11.6. The van der Waals surface area contributed by atoms with Gasteiger partial charge in [0.05, 0.1) is 5.54 Å². The Morgan fingerprint density at radius 2 is 2.20 bits per heavy atom. The molecule has 0 bridgehead atoms. The summed E-state index contributed by atoms with van der Waals surface area (Å²) in [5.41, 5.74) is 6.81. The molecule has 0 aliphatic heterocycles. The van der Waals surface area contributed by atoms with Crippen LogP contribution in [0.15, 0.2) is 18.2 Å². The van der Waals surface area contributed by atoms with E-state index in [4.69, 9.17) is 17.3 Å². The number of carbonyl (C=O) groups excluding carboxylic acids is 1. The summed E-state index contributed by atoms with van der Waals surface area (Å²) < 4.78 is 0. The van der Waals surface area contributed by atoms with Crippen LogP contribution in [-0.4, -0.2) is 11.4 Å². The Kier molecular flexibility index (Phi) is 2.44. The Balaban J connectivity index is 2.11. The zero-order valence-electron chi connectivity index (χ0n) is 8.51. The zero-order valence-corrected chi connectivity index (χ0v) is 9.27. The zero-order chi connectivity index (χ0) is 11.1. The number of aryl methyl sites for hydroxylation is 1. The van der Waals surface area contributed by atoms with Gasteiger partial charge in [0, 0.05) is 10.7 Å². The van der Waals surface area contributed by atoms with Crippen LogP contribution in [0.25, 0.3) is 0 Å². The van der Waals surface area contributed by atoms with Crippen LogP contribution in [0.5, 0.6) is 0 Å². The lowest BCUT2D eigenvalue weighted by atomic mass is 10.2. The second-order valence-electron chi connectivity index (χ2n) is 4.07. The Labute approximate surface area is 93.6 Å². The normalized spacial score (nSPS) is 17.3. The van der Waals surface area contributed by atoms with Crippen LogP contribution >= 0.6 is 11.6 Å². The first-order valence-corrected chi connectivity index (χ1v) is 5.25. The molecule has 1 fully saturated rings. The number of amides is 1. The van der Waals surface area contributed by atoms with Gasteiger partial charge in [-0.3, -0.25) is 4.79 Å². The summed E-state index contributed by atoms with van der Waals surface area (Å²) in [4.78, 5) is 11.6. The second-order valence-corrected chi connectivity index (χ2v) is 4.48. The third-order valence-corrected chi connectivity index (χ3v) is 3.08. The molecule has 2 rings (SSSR count). The molecule has 80 valence electrons. The largest absolute Gasteiger partial charge is 0.324 e. The van der Waals surface area contributed by atoms with Gasteiger partial charge in [-0.15, -0.1) is 0 Å². The number of nitrogens with one attached hydrogen (secondary N) is 1. The Morgan fingerprint density at radius 3 is 2.73 bits per heavy atom. The molecule has 15 heavy (non-hydrogen) atoms. The summed E-state index contributed by atoms with van der Waals surface area (Å²) in [5.74, 6) is -0.123. The minimum absolute atomic E-state index is 0.123. The molecule has 4 heteroatoms. The molecule has 0 atom stereocenters. The van der Waals surface area contributed by atoms with E-state index in [1.807, 2.05) is 19.1 Å². The summed E-state index contributed by atoms with van der Waals surface area (Å²) in [6.45, 7) is 1.92. The van der Waals surface area contributed by atoms with Crippen LogP contribution in [0.4, 0.5) is 5.69 Å². The van der Waals surface area contributed by atoms with E-state index in [1.54, 1.807) is 6.07 Å². The Bertz CT molecular complexity index is 413. The van der Waals surface area contributed by atoms with Gasteiger partial charge in [0.2, 0.25) is 5.91 Å². The van der Waals surface area contributed by atoms with Crippen LogP contribution in [0.3, 0.4) is 0 Å². The smallest absolute Gasteiger partial charge is 0.244 e. The molecule has 0 aromatic heterocycles. The predicted octanol–water partition coefficient (Wildman–Crippen LogP) is 2.08. The molecule has 0 spiro atoms. The molecule has 1 saturated carbocycles. The summed E-state index contributed by atoms with van der Waals surface area (Å²) >= 11 is 5.94. The number of hydrogen-bond acceptors (Lipinski definition) is 2. The van der Waals surface area contributed by atoms with Crippen molar-refractivity contribution in [3.8, 4) is 0 Å². The van der Waals surface area contributed by atoms with Gasteiger partial charge in [-0.1, -0.05) is 17.7 Å². The van der Waals surface area contributed by atoms with E-state index in [0.717, 1.165) is 18.4 Å². The van der Waals surface area contributed by atoms with E-state index < -0.39 is 5.54 Å². The van der Waals surface area contributed by atoms with Gasteiger partial charge >= 0.3 is 0 Å². The number of rotatable bonds is 2. The van der Waals surface area contributed by atoms with Gasteiger partial charge in [0.15, 0.2) is 0 Å². The van der Waals surface area contributed by atoms with Crippen molar-refractivity contribution >= 4 is 23.2 Å². The standard InChI is InChI=1S/C11H13ClN2O/c1-7-2-3-8(6-9(7)12)14-10(15)11(13)4-5-11/h2-3,6H,4-5,13H2,1H3,(H,14,15). The molecule has 0 unspecified atom stereocenters. The third kappa shape index (κ3) is 2.13. The number of carbonyl (C=O) groups is 1. The first-order valence-electron chi connectivity index (χ1n) is 4.88. The van der Waals surface area contributed by atoms with Crippen molar-refractivity contribution in [1.82, 2.24) is 0 Å². The van der Waals surface area contributed by atoms with Gasteiger partial charge in [-0.25, -0.2) is 0 Å². The second kappa shape index (κ2) is 3.51. The van der Waals surface area contributed by atoms with E-state index in [2.05, 4.69) is 5.32 Å². The molecule has 1 aliphatic carbocycles. The maximum absolute atomic E-state index is 11.6. The molecule has 3 nitrogen and oxygen atoms in total. The van der Waals surface area contributed by atoms with Crippen LogP contribution < -0.4 is 11.1 Å². The maximum Gasteiger partial charge on any atom is 0.244 e. The van der Waals surface area contributed by atoms with E-state index >= 15 is 0 Å². The van der Waals surface area contributed by atoms with E-state index in [0.29, 0.717) is 10.7 Å². The molecule has 3 N–H and O–H groups in total. The van der Waals surface area contributed by atoms with Crippen molar-refractivity contribution in [3.63, 3.8) is 0 Å². The van der Waals surface area contributed by atoms with Crippen molar-refractivity contribution < 1.29 is 4.79 Å². The molecule has 0 radical (unpaired) electrons. The molecule has 1 amide bonds. The SMILES string of the molecule is Cc1ccc(NC(=O)C2(N)CC2)cc1Cl. The van der Waals surface area contributed by atoms with Crippen molar-refractivity contribution in [2.45, 2.75) is 25.3 Å². The quantitative estimate of drug-likeness (QED) is 0.808. The van der Waals surface area contributed by atoms with Gasteiger partial charge < -0.3 is 11.1 Å². The minimum atomic E-state index is -0.642. The fraction of sp³-hybridized carbons (Fsp3) is 0.364. The number of nitrogens with two attached hydrogens (primary N) is 1. The minimum Gasteiger partial charge on any atom is -0.324 e. The number of benzene rings is 1. The highest BCUT2D eigenvalue weighted by Crippen LogP contribution is 2.33. The molecular formula is C11H13ClN2O. The highest BCUT2D eigenvalue weighted by Gasteiger charge is 2.45. The summed E-state index contributed by atoms with van der Waals surface area (Å²) in [5, 5.41) is 3.41. The Morgan fingerprint density at radius 1 is 1.53 bits per heavy atom. The Hall–Kier alpha value is -1.06.